The predicted octanol–water partition coefficient (Wildman–Crippen LogP) is 6.73. The molecule has 1 atom stereocenters. The molecule has 1 N–H and O–H groups in total. The lowest BCUT2D eigenvalue weighted by molar-refractivity contribution is 0.0694. The number of benzene rings is 2. The molecule has 3 heterocycles. The molecule has 2 aromatic heterocycles. The van der Waals surface area contributed by atoms with Gasteiger partial charge in [0.25, 0.3) is 0 Å². The van der Waals surface area contributed by atoms with Crippen molar-refractivity contribution >= 4 is 38.8 Å². The minimum Gasteiger partial charge on any atom is -0.478 e. The van der Waals surface area contributed by atoms with Gasteiger partial charge in [-0.2, -0.15) is 0 Å². The average molecular weight is 547 g/mol. The third kappa shape index (κ3) is 5.03. The topological polar surface area (TPSA) is 71.2 Å². The second-order valence-corrected chi connectivity index (χ2v) is 10.4. The van der Waals surface area contributed by atoms with Crippen molar-refractivity contribution in [3.63, 3.8) is 0 Å². The van der Waals surface area contributed by atoms with Crippen molar-refractivity contribution in [1.82, 2.24) is 14.5 Å². The minimum atomic E-state index is -0.972. The molecule has 36 heavy (non-hydrogen) atoms. The molecule has 6 nitrogen and oxygen atoms in total. The summed E-state index contributed by atoms with van der Waals surface area (Å²) in [7, 11) is 2.06. The van der Waals surface area contributed by atoms with E-state index in [1.165, 1.54) is 34.6 Å². The highest BCUT2D eigenvalue weighted by molar-refractivity contribution is 9.10. The normalized spacial score (nSPS) is 16.3. The first-order chi connectivity index (χ1) is 17.5. The first-order valence-electron chi connectivity index (χ1n) is 12.7. The molecule has 0 aliphatic carbocycles. The Bertz CT molecular complexity index is 1380. The SMILES string of the molecule is Cn1cc(CCCc2nc(N3CCCCC[C@@H]3c3ccccc3Br)ncc2C(=O)O)c2ccccc21. The lowest BCUT2D eigenvalue weighted by Gasteiger charge is -2.31. The molecule has 4 aromatic rings. The van der Waals surface area contributed by atoms with Crippen molar-refractivity contribution in [1.29, 1.82) is 0 Å². The van der Waals surface area contributed by atoms with Gasteiger partial charge in [-0.25, -0.2) is 14.8 Å². The highest BCUT2D eigenvalue weighted by Gasteiger charge is 2.27. The Morgan fingerprint density at radius 3 is 2.72 bits per heavy atom. The van der Waals surface area contributed by atoms with Crippen molar-refractivity contribution in [2.45, 2.75) is 51.0 Å². The third-order valence-corrected chi connectivity index (χ3v) is 7.92. The Morgan fingerprint density at radius 2 is 1.89 bits per heavy atom. The van der Waals surface area contributed by atoms with Gasteiger partial charge in [-0.3, -0.25) is 0 Å². The number of anilines is 1. The van der Waals surface area contributed by atoms with E-state index in [2.05, 4.69) is 86.1 Å². The first kappa shape index (κ1) is 24.5. The van der Waals surface area contributed by atoms with Crippen molar-refractivity contribution in [3.05, 3.63) is 87.8 Å². The quantitative estimate of drug-likeness (QED) is 0.278. The van der Waals surface area contributed by atoms with Gasteiger partial charge in [-0.05, 0) is 55.4 Å². The summed E-state index contributed by atoms with van der Waals surface area (Å²) in [4.78, 5) is 23.7. The molecule has 1 saturated heterocycles. The van der Waals surface area contributed by atoms with E-state index in [4.69, 9.17) is 4.98 Å². The van der Waals surface area contributed by atoms with Gasteiger partial charge in [0.1, 0.15) is 0 Å². The Labute approximate surface area is 220 Å². The summed E-state index contributed by atoms with van der Waals surface area (Å²) >= 11 is 3.73. The third-order valence-electron chi connectivity index (χ3n) is 7.20. The van der Waals surface area contributed by atoms with Crippen molar-refractivity contribution in [2.75, 3.05) is 11.4 Å². The molecule has 0 saturated carbocycles. The number of carbonyl (C=O) groups is 1. The van der Waals surface area contributed by atoms with Crippen LogP contribution in [-0.2, 0) is 19.9 Å². The van der Waals surface area contributed by atoms with Crippen LogP contribution in [0, 0.1) is 0 Å². The van der Waals surface area contributed by atoms with E-state index in [1.807, 2.05) is 6.07 Å². The van der Waals surface area contributed by atoms with Crippen molar-refractivity contribution < 1.29 is 9.90 Å². The Kier molecular flexibility index (Phi) is 7.37. The summed E-state index contributed by atoms with van der Waals surface area (Å²) in [5.41, 5.74) is 4.53. The number of para-hydroxylation sites is 1. The van der Waals surface area contributed by atoms with Crippen LogP contribution in [0.15, 0.2) is 65.4 Å². The number of fused-ring (bicyclic) bond motifs is 1. The number of aryl methyl sites for hydroxylation is 3. The summed E-state index contributed by atoms with van der Waals surface area (Å²) in [6.45, 7) is 0.855. The van der Waals surface area contributed by atoms with E-state index < -0.39 is 5.97 Å². The van der Waals surface area contributed by atoms with E-state index in [-0.39, 0.29) is 11.6 Å². The zero-order valence-electron chi connectivity index (χ0n) is 20.5. The average Bonchev–Trinajstić information content (AvgIpc) is 3.04. The van der Waals surface area contributed by atoms with Crippen molar-refractivity contribution in [3.8, 4) is 0 Å². The molecule has 0 amide bonds. The van der Waals surface area contributed by atoms with Gasteiger partial charge >= 0.3 is 5.97 Å². The van der Waals surface area contributed by atoms with E-state index in [0.717, 1.165) is 43.1 Å². The van der Waals surface area contributed by atoms with Crippen LogP contribution in [0.2, 0.25) is 0 Å². The molecule has 1 aliphatic heterocycles. The van der Waals surface area contributed by atoms with Crippen molar-refractivity contribution in [2.24, 2.45) is 7.05 Å². The van der Waals surface area contributed by atoms with Gasteiger partial charge in [0.05, 0.1) is 17.3 Å². The van der Waals surface area contributed by atoms with Crippen LogP contribution in [0.3, 0.4) is 0 Å². The second-order valence-electron chi connectivity index (χ2n) is 9.55. The number of aromatic carboxylic acids is 1. The summed E-state index contributed by atoms with van der Waals surface area (Å²) in [5.74, 6) is -0.345. The maximum atomic E-state index is 12.0. The maximum Gasteiger partial charge on any atom is 0.339 e. The van der Waals surface area contributed by atoms with Gasteiger partial charge in [-0.15, -0.1) is 0 Å². The van der Waals surface area contributed by atoms with Gasteiger partial charge in [-0.1, -0.05) is 65.2 Å². The Morgan fingerprint density at radius 1 is 1.08 bits per heavy atom. The van der Waals surface area contributed by atoms with Gasteiger partial charge < -0.3 is 14.6 Å². The lowest BCUT2D eigenvalue weighted by atomic mass is 10.0. The van der Waals surface area contributed by atoms with Crippen LogP contribution in [0.1, 0.15) is 65.3 Å². The largest absolute Gasteiger partial charge is 0.478 e. The van der Waals surface area contributed by atoms with E-state index in [1.54, 1.807) is 0 Å². The molecular formula is C29H31BrN4O2. The highest BCUT2D eigenvalue weighted by atomic mass is 79.9. The molecule has 0 spiro atoms. The van der Waals surface area contributed by atoms with E-state index in [0.29, 0.717) is 18.1 Å². The molecule has 186 valence electrons. The van der Waals surface area contributed by atoms with Crippen LogP contribution in [0.25, 0.3) is 10.9 Å². The fourth-order valence-corrected chi connectivity index (χ4v) is 5.95. The number of carboxylic acids is 1. The molecule has 7 heteroatoms. The second kappa shape index (κ2) is 10.8. The molecule has 1 fully saturated rings. The molecule has 0 bridgehead atoms. The Hall–Kier alpha value is -3.19. The molecule has 0 radical (unpaired) electrons. The smallest absolute Gasteiger partial charge is 0.339 e. The van der Waals surface area contributed by atoms with E-state index in [9.17, 15) is 9.90 Å². The number of carboxylic acid groups (broad SMARTS) is 1. The Balaban J connectivity index is 1.42. The molecule has 5 rings (SSSR count). The predicted molar refractivity (Wildman–Crippen MR) is 147 cm³/mol. The van der Waals surface area contributed by atoms with Gasteiger partial charge in [0, 0.05) is 41.4 Å². The molecule has 2 aromatic carbocycles. The standard InChI is InChI=1S/C29H31BrN4O2/c1-33-19-20(21-11-5-7-15-26(21)33)10-9-14-25-23(28(35)36)18-31-29(32-25)34-17-8-2-3-16-27(34)22-12-4-6-13-24(22)30/h4-7,11-13,15,18-19,27H,2-3,8-10,14,16-17H2,1H3,(H,35,36)/t27-/m1/s1. The van der Waals surface area contributed by atoms with Gasteiger partial charge in [0.15, 0.2) is 0 Å². The van der Waals surface area contributed by atoms with Crippen LogP contribution >= 0.6 is 15.9 Å². The van der Waals surface area contributed by atoms with Crippen LogP contribution in [0.4, 0.5) is 5.95 Å². The monoisotopic (exact) mass is 546 g/mol. The fourth-order valence-electron chi connectivity index (χ4n) is 5.40. The summed E-state index contributed by atoms with van der Waals surface area (Å²) in [5, 5.41) is 11.1. The molecular weight excluding hydrogens is 516 g/mol. The number of hydrogen-bond donors (Lipinski definition) is 1. The first-order valence-corrected chi connectivity index (χ1v) is 13.5. The highest BCUT2D eigenvalue weighted by Crippen LogP contribution is 2.36. The zero-order valence-corrected chi connectivity index (χ0v) is 22.1. The summed E-state index contributed by atoms with van der Waals surface area (Å²) in [6.07, 6.45) is 10.4. The van der Waals surface area contributed by atoms with E-state index >= 15 is 0 Å². The number of nitrogens with zero attached hydrogens (tertiary/aromatic N) is 4. The van der Waals surface area contributed by atoms with Crippen LogP contribution in [-0.4, -0.2) is 32.2 Å². The number of halogens is 1. The zero-order chi connectivity index (χ0) is 25.1. The molecule has 1 aliphatic rings. The molecule has 0 unspecified atom stereocenters. The fraction of sp³-hybridized carbons (Fsp3) is 0.345. The van der Waals surface area contributed by atoms with Gasteiger partial charge in [0.2, 0.25) is 5.95 Å². The number of rotatable bonds is 7. The maximum absolute atomic E-state index is 12.0. The number of aromatic nitrogens is 3. The number of hydrogen-bond acceptors (Lipinski definition) is 4. The van der Waals surface area contributed by atoms with Crippen LogP contribution < -0.4 is 4.90 Å². The summed E-state index contributed by atoms with van der Waals surface area (Å²) < 4.78 is 3.23. The minimum absolute atomic E-state index is 0.155. The summed E-state index contributed by atoms with van der Waals surface area (Å²) in [6, 6.07) is 16.9. The van der Waals surface area contributed by atoms with Crippen LogP contribution in [0.5, 0.6) is 0 Å². The lowest BCUT2D eigenvalue weighted by Crippen LogP contribution is -2.31.